The molecule has 1 aromatic carbocycles. The molecule has 37 heavy (non-hydrogen) atoms. The molecule has 0 bridgehead atoms. The molecule has 0 aliphatic heterocycles. The SMILES string of the molecule is CC(C)CC(=O)Oc1ccc(C[C@H](N)C(=O)O[C@@H](C)COC(=O)OC(C)(C)C)cc1OC(=O)CC(C)C. The summed E-state index contributed by atoms with van der Waals surface area (Å²) in [6, 6.07) is 3.59. The number of carbonyl (C=O) groups excluding carboxylic acids is 4. The van der Waals surface area contributed by atoms with Crippen molar-refractivity contribution in [1.29, 1.82) is 0 Å². The molecule has 0 unspecified atom stereocenters. The Hall–Kier alpha value is -3.14. The highest BCUT2D eigenvalue weighted by molar-refractivity contribution is 5.77. The molecule has 2 N–H and O–H groups in total. The molecular formula is C27H41NO9. The zero-order valence-corrected chi connectivity index (χ0v) is 23.1. The van der Waals surface area contributed by atoms with Crippen LogP contribution in [0, 0.1) is 11.8 Å². The number of benzene rings is 1. The second kappa shape index (κ2) is 14.6. The van der Waals surface area contributed by atoms with Gasteiger partial charge in [0.15, 0.2) is 11.5 Å². The molecule has 0 fully saturated rings. The normalized spacial score (nSPS) is 13.1. The molecule has 1 aromatic rings. The van der Waals surface area contributed by atoms with E-state index in [1.165, 1.54) is 12.1 Å². The maximum Gasteiger partial charge on any atom is 0.508 e. The van der Waals surface area contributed by atoms with Gasteiger partial charge in [0.2, 0.25) is 0 Å². The minimum absolute atomic E-state index is 0.0629. The van der Waals surface area contributed by atoms with Crippen LogP contribution in [0.2, 0.25) is 0 Å². The van der Waals surface area contributed by atoms with Crippen molar-refractivity contribution in [3.8, 4) is 11.5 Å². The molecule has 0 saturated heterocycles. The van der Waals surface area contributed by atoms with E-state index >= 15 is 0 Å². The smallest absolute Gasteiger partial charge is 0.458 e. The van der Waals surface area contributed by atoms with Crippen LogP contribution in [-0.2, 0) is 35.0 Å². The number of esters is 3. The van der Waals surface area contributed by atoms with Crippen LogP contribution in [0.3, 0.4) is 0 Å². The first-order chi connectivity index (χ1) is 17.1. The van der Waals surface area contributed by atoms with Crippen molar-refractivity contribution in [3.63, 3.8) is 0 Å². The molecule has 0 spiro atoms. The Morgan fingerprint density at radius 2 is 1.41 bits per heavy atom. The molecule has 208 valence electrons. The second-order valence-electron chi connectivity index (χ2n) is 10.8. The number of ether oxygens (including phenoxy) is 5. The number of hydrogen-bond donors (Lipinski definition) is 1. The maximum absolute atomic E-state index is 12.5. The van der Waals surface area contributed by atoms with Gasteiger partial charge in [-0.1, -0.05) is 33.8 Å². The van der Waals surface area contributed by atoms with E-state index < -0.39 is 41.8 Å². The maximum atomic E-state index is 12.5. The number of carbonyl (C=O) groups is 4. The summed E-state index contributed by atoms with van der Waals surface area (Å²) in [5.74, 6) is -1.28. The van der Waals surface area contributed by atoms with Gasteiger partial charge in [0.1, 0.15) is 24.4 Å². The lowest BCUT2D eigenvalue weighted by atomic mass is 10.1. The fourth-order valence-corrected chi connectivity index (χ4v) is 2.96. The Labute approximate surface area is 219 Å². The monoisotopic (exact) mass is 523 g/mol. The van der Waals surface area contributed by atoms with Gasteiger partial charge in [-0.25, -0.2) is 4.79 Å². The van der Waals surface area contributed by atoms with E-state index in [-0.39, 0.29) is 49.2 Å². The van der Waals surface area contributed by atoms with E-state index in [2.05, 4.69) is 0 Å². The fraction of sp³-hybridized carbons (Fsp3) is 0.630. The van der Waals surface area contributed by atoms with Gasteiger partial charge in [0, 0.05) is 12.8 Å². The average molecular weight is 524 g/mol. The molecule has 1 rings (SSSR count). The van der Waals surface area contributed by atoms with E-state index in [1.807, 2.05) is 27.7 Å². The van der Waals surface area contributed by atoms with Crippen LogP contribution in [0.15, 0.2) is 18.2 Å². The molecule has 0 aliphatic rings. The van der Waals surface area contributed by atoms with E-state index in [0.717, 1.165) is 0 Å². The largest absolute Gasteiger partial charge is 0.508 e. The molecule has 10 nitrogen and oxygen atoms in total. The van der Waals surface area contributed by atoms with Gasteiger partial charge in [-0.3, -0.25) is 14.4 Å². The van der Waals surface area contributed by atoms with Crippen LogP contribution in [-0.4, -0.2) is 48.4 Å². The van der Waals surface area contributed by atoms with Crippen LogP contribution in [0.5, 0.6) is 11.5 Å². The minimum Gasteiger partial charge on any atom is -0.458 e. The summed E-state index contributed by atoms with van der Waals surface area (Å²) >= 11 is 0. The van der Waals surface area contributed by atoms with Gasteiger partial charge in [0.25, 0.3) is 0 Å². The van der Waals surface area contributed by atoms with Crippen molar-refractivity contribution in [2.24, 2.45) is 17.6 Å². The first kappa shape index (κ1) is 31.9. The molecule has 0 aromatic heterocycles. The van der Waals surface area contributed by atoms with Crippen LogP contribution in [0.1, 0.15) is 73.8 Å². The molecule has 0 heterocycles. The third-order valence-electron chi connectivity index (χ3n) is 4.51. The third-order valence-corrected chi connectivity index (χ3v) is 4.51. The Kier molecular flexibility index (Phi) is 12.6. The molecule has 0 amide bonds. The van der Waals surface area contributed by atoms with Gasteiger partial charge in [-0.2, -0.15) is 0 Å². The molecule has 0 radical (unpaired) electrons. The minimum atomic E-state index is -1.04. The zero-order valence-electron chi connectivity index (χ0n) is 23.1. The predicted octanol–water partition coefficient (Wildman–Crippen LogP) is 4.34. The standard InChI is InChI=1S/C27H41NO9/c1-16(2)11-23(29)35-21-10-9-19(14-22(21)36-24(30)12-17(3)4)13-20(28)25(31)34-18(5)15-33-26(32)37-27(6,7)8/h9-10,14,16-18,20H,11-13,15,28H2,1-8H3/t18-,20-/m0/s1. The van der Waals surface area contributed by atoms with Crippen LogP contribution in [0.4, 0.5) is 4.79 Å². The molecule has 10 heteroatoms. The van der Waals surface area contributed by atoms with Crippen molar-refractivity contribution < 1.29 is 42.9 Å². The summed E-state index contributed by atoms with van der Waals surface area (Å²) in [7, 11) is 0. The number of hydrogen-bond acceptors (Lipinski definition) is 10. The Bertz CT molecular complexity index is 934. The van der Waals surface area contributed by atoms with Crippen molar-refractivity contribution in [1.82, 2.24) is 0 Å². The average Bonchev–Trinajstić information content (AvgIpc) is 2.71. The van der Waals surface area contributed by atoms with E-state index in [1.54, 1.807) is 33.8 Å². The zero-order chi connectivity index (χ0) is 28.3. The third kappa shape index (κ3) is 13.7. The van der Waals surface area contributed by atoms with E-state index in [4.69, 9.17) is 29.4 Å². The van der Waals surface area contributed by atoms with Crippen LogP contribution < -0.4 is 15.2 Å². The van der Waals surface area contributed by atoms with E-state index in [0.29, 0.717) is 5.56 Å². The lowest BCUT2D eigenvalue weighted by Crippen LogP contribution is -2.37. The quantitative estimate of drug-likeness (QED) is 0.311. The lowest BCUT2D eigenvalue weighted by Gasteiger charge is -2.20. The molecule has 2 atom stereocenters. The number of nitrogens with two attached hydrogens (primary N) is 1. The second-order valence-corrected chi connectivity index (χ2v) is 10.8. The summed E-state index contributed by atoms with van der Waals surface area (Å²) < 4.78 is 26.1. The Morgan fingerprint density at radius 3 is 1.92 bits per heavy atom. The highest BCUT2D eigenvalue weighted by atomic mass is 16.7. The Balaban J connectivity index is 2.85. The van der Waals surface area contributed by atoms with Crippen molar-refractivity contribution >= 4 is 24.1 Å². The topological polar surface area (TPSA) is 140 Å². The van der Waals surface area contributed by atoms with Crippen LogP contribution in [0.25, 0.3) is 0 Å². The summed E-state index contributed by atoms with van der Waals surface area (Å²) in [6.07, 6.45) is -1.17. The summed E-state index contributed by atoms with van der Waals surface area (Å²) in [6.45, 7) is 14.0. The fourth-order valence-electron chi connectivity index (χ4n) is 2.96. The summed E-state index contributed by atoms with van der Waals surface area (Å²) in [5.41, 5.74) is 5.89. The van der Waals surface area contributed by atoms with Crippen molar-refractivity contribution in [2.45, 2.75) is 92.4 Å². The molecular weight excluding hydrogens is 482 g/mol. The lowest BCUT2D eigenvalue weighted by molar-refractivity contribution is -0.152. The van der Waals surface area contributed by atoms with Gasteiger partial charge in [0.05, 0.1) is 0 Å². The highest BCUT2D eigenvalue weighted by Gasteiger charge is 2.23. The summed E-state index contributed by atoms with van der Waals surface area (Å²) in [5, 5.41) is 0. The van der Waals surface area contributed by atoms with Crippen LogP contribution >= 0.6 is 0 Å². The first-order valence-electron chi connectivity index (χ1n) is 12.4. The van der Waals surface area contributed by atoms with Gasteiger partial charge in [-0.05, 0) is 63.6 Å². The Morgan fingerprint density at radius 1 is 0.865 bits per heavy atom. The highest BCUT2D eigenvalue weighted by Crippen LogP contribution is 2.30. The van der Waals surface area contributed by atoms with Crippen molar-refractivity contribution in [3.05, 3.63) is 23.8 Å². The summed E-state index contributed by atoms with van der Waals surface area (Å²) in [4.78, 5) is 48.6. The van der Waals surface area contributed by atoms with E-state index in [9.17, 15) is 19.2 Å². The van der Waals surface area contributed by atoms with Gasteiger partial charge >= 0.3 is 24.1 Å². The number of rotatable bonds is 12. The first-order valence-corrected chi connectivity index (χ1v) is 12.4. The van der Waals surface area contributed by atoms with Gasteiger partial charge < -0.3 is 29.4 Å². The van der Waals surface area contributed by atoms with Crippen molar-refractivity contribution in [2.75, 3.05) is 6.61 Å². The molecule has 0 aliphatic carbocycles. The van der Waals surface area contributed by atoms with Gasteiger partial charge in [-0.15, -0.1) is 0 Å². The molecule has 0 saturated carbocycles. The predicted molar refractivity (Wildman–Crippen MR) is 136 cm³/mol.